The summed E-state index contributed by atoms with van der Waals surface area (Å²) in [6, 6.07) is -0.574. The van der Waals surface area contributed by atoms with Gasteiger partial charge in [0.2, 0.25) is 5.91 Å². The van der Waals surface area contributed by atoms with Crippen molar-refractivity contribution in [3.05, 3.63) is 0 Å². The molecule has 0 aromatic rings. The van der Waals surface area contributed by atoms with E-state index in [1.54, 1.807) is 13.8 Å². The molecule has 0 heterocycles. The highest BCUT2D eigenvalue weighted by molar-refractivity contribution is 5.85. The van der Waals surface area contributed by atoms with Gasteiger partial charge in [-0.1, -0.05) is 27.7 Å². The van der Waals surface area contributed by atoms with Gasteiger partial charge in [0.1, 0.15) is 6.04 Å². The normalized spacial score (nSPS) is 26.2. The maximum atomic E-state index is 12.6. The summed E-state index contributed by atoms with van der Waals surface area (Å²) in [5.41, 5.74) is 0.195. The first-order valence-electron chi connectivity index (χ1n) is 8.15. The molecule has 0 aromatic carbocycles. The molecule has 1 saturated carbocycles. The minimum atomic E-state index is -0.574. The van der Waals surface area contributed by atoms with Crippen molar-refractivity contribution in [1.82, 2.24) is 5.32 Å². The number of rotatable bonds is 5. The Morgan fingerprint density at radius 2 is 1.90 bits per heavy atom. The van der Waals surface area contributed by atoms with E-state index in [4.69, 9.17) is 4.74 Å². The maximum absolute atomic E-state index is 12.6. The second-order valence-electron chi connectivity index (χ2n) is 7.40. The van der Waals surface area contributed by atoms with Gasteiger partial charge in [0, 0.05) is 5.92 Å². The van der Waals surface area contributed by atoms with Crippen molar-refractivity contribution < 1.29 is 14.3 Å². The molecule has 1 N–H and O–H groups in total. The van der Waals surface area contributed by atoms with Crippen molar-refractivity contribution in [1.29, 1.82) is 0 Å². The lowest BCUT2D eigenvalue weighted by Gasteiger charge is -2.42. The number of esters is 1. The van der Waals surface area contributed by atoms with E-state index >= 15 is 0 Å². The predicted octanol–water partition coefficient (Wildman–Crippen LogP) is 3.15. The van der Waals surface area contributed by atoms with Crippen molar-refractivity contribution in [2.24, 2.45) is 23.2 Å². The van der Waals surface area contributed by atoms with Crippen LogP contribution in [-0.2, 0) is 14.3 Å². The fraction of sp³-hybridized carbons (Fsp3) is 0.882. The Labute approximate surface area is 129 Å². The number of ether oxygens (including phenoxy) is 1. The summed E-state index contributed by atoms with van der Waals surface area (Å²) in [5, 5.41) is 2.84. The molecule has 4 nitrogen and oxygen atoms in total. The van der Waals surface area contributed by atoms with Gasteiger partial charge in [-0.15, -0.1) is 0 Å². The zero-order valence-corrected chi connectivity index (χ0v) is 14.4. The monoisotopic (exact) mass is 297 g/mol. The molecule has 1 amide bonds. The SMILES string of the molecule is CCOC(=O)C(C)NC(=O)C1CC(C)(C)CCC1C(C)C. The van der Waals surface area contributed by atoms with E-state index in [0.29, 0.717) is 18.4 Å². The van der Waals surface area contributed by atoms with E-state index < -0.39 is 6.04 Å². The molecular formula is C17H31NO3. The molecular weight excluding hydrogens is 266 g/mol. The molecule has 0 aliphatic heterocycles. The molecule has 1 aliphatic carbocycles. The second kappa shape index (κ2) is 7.28. The quantitative estimate of drug-likeness (QED) is 0.793. The van der Waals surface area contributed by atoms with Crippen LogP contribution in [0.5, 0.6) is 0 Å². The Morgan fingerprint density at radius 3 is 2.43 bits per heavy atom. The Hall–Kier alpha value is -1.06. The first-order chi connectivity index (χ1) is 9.68. The number of carbonyl (C=O) groups is 2. The Morgan fingerprint density at radius 1 is 1.29 bits per heavy atom. The molecule has 0 bridgehead atoms. The summed E-state index contributed by atoms with van der Waals surface area (Å²) in [6.45, 7) is 12.6. The molecule has 0 aromatic heterocycles. The minimum absolute atomic E-state index is 0.00188. The second-order valence-corrected chi connectivity index (χ2v) is 7.40. The van der Waals surface area contributed by atoms with Crippen molar-refractivity contribution in [2.75, 3.05) is 6.61 Å². The van der Waals surface area contributed by atoms with Crippen LogP contribution in [0, 0.1) is 23.2 Å². The Bertz CT molecular complexity index is 376. The molecule has 1 aliphatic rings. The zero-order chi connectivity index (χ0) is 16.2. The molecule has 1 fully saturated rings. The number of nitrogens with one attached hydrogen (secondary N) is 1. The van der Waals surface area contributed by atoms with E-state index in [9.17, 15) is 9.59 Å². The topological polar surface area (TPSA) is 55.4 Å². The molecule has 1 rings (SSSR count). The Kier molecular flexibility index (Phi) is 6.24. The first-order valence-corrected chi connectivity index (χ1v) is 8.15. The third kappa shape index (κ3) is 5.01. The van der Waals surface area contributed by atoms with Gasteiger partial charge in [-0.05, 0) is 50.4 Å². The van der Waals surface area contributed by atoms with Gasteiger partial charge in [0.15, 0.2) is 0 Å². The van der Waals surface area contributed by atoms with Crippen molar-refractivity contribution >= 4 is 11.9 Å². The molecule has 122 valence electrons. The highest BCUT2D eigenvalue weighted by Gasteiger charge is 2.40. The van der Waals surface area contributed by atoms with Gasteiger partial charge in [-0.25, -0.2) is 4.79 Å². The summed E-state index contributed by atoms with van der Waals surface area (Å²) >= 11 is 0. The molecule has 0 saturated heterocycles. The minimum Gasteiger partial charge on any atom is -0.464 e. The van der Waals surface area contributed by atoms with Crippen molar-refractivity contribution in [3.8, 4) is 0 Å². The molecule has 3 unspecified atom stereocenters. The zero-order valence-electron chi connectivity index (χ0n) is 14.4. The summed E-state index contributed by atoms with van der Waals surface area (Å²) in [5.74, 6) is 0.511. The van der Waals surface area contributed by atoms with Gasteiger partial charge < -0.3 is 10.1 Å². The van der Waals surface area contributed by atoms with Crippen LogP contribution in [-0.4, -0.2) is 24.5 Å². The number of amides is 1. The average molecular weight is 297 g/mol. The van der Waals surface area contributed by atoms with Crippen LogP contribution in [0.2, 0.25) is 0 Å². The maximum Gasteiger partial charge on any atom is 0.328 e. The van der Waals surface area contributed by atoms with E-state index in [-0.39, 0.29) is 23.2 Å². The van der Waals surface area contributed by atoms with Gasteiger partial charge >= 0.3 is 5.97 Å². The van der Waals surface area contributed by atoms with Crippen LogP contribution in [0.1, 0.15) is 60.8 Å². The van der Waals surface area contributed by atoms with Gasteiger partial charge in [-0.2, -0.15) is 0 Å². The fourth-order valence-corrected chi connectivity index (χ4v) is 3.34. The van der Waals surface area contributed by atoms with Crippen molar-refractivity contribution in [3.63, 3.8) is 0 Å². The summed E-state index contributed by atoms with van der Waals surface area (Å²) in [6.07, 6.45) is 3.13. The summed E-state index contributed by atoms with van der Waals surface area (Å²) in [4.78, 5) is 24.3. The average Bonchev–Trinajstić information content (AvgIpc) is 2.37. The number of hydrogen-bond acceptors (Lipinski definition) is 3. The molecule has 0 spiro atoms. The molecule has 4 heteroatoms. The first kappa shape index (κ1) is 18.0. The predicted molar refractivity (Wildman–Crippen MR) is 83.7 cm³/mol. The standard InChI is InChI=1S/C17H31NO3/c1-7-21-16(20)12(4)18-15(19)14-10-17(5,6)9-8-13(14)11(2)3/h11-14H,7-10H2,1-6H3,(H,18,19). The fourth-order valence-electron chi connectivity index (χ4n) is 3.34. The van der Waals surface area contributed by atoms with Crippen LogP contribution in [0.15, 0.2) is 0 Å². The summed E-state index contributed by atoms with van der Waals surface area (Å²) in [7, 11) is 0. The largest absolute Gasteiger partial charge is 0.464 e. The van der Waals surface area contributed by atoms with Gasteiger partial charge in [0.25, 0.3) is 0 Å². The highest BCUT2D eigenvalue weighted by atomic mass is 16.5. The van der Waals surface area contributed by atoms with E-state index in [1.165, 1.54) is 0 Å². The van der Waals surface area contributed by atoms with Crippen molar-refractivity contribution in [2.45, 2.75) is 66.8 Å². The van der Waals surface area contributed by atoms with Crippen LogP contribution in [0.3, 0.4) is 0 Å². The van der Waals surface area contributed by atoms with Crippen LogP contribution >= 0.6 is 0 Å². The van der Waals surface area contributed by atoms with E-state index in [2.05, 4.69) is 33.0 Å². The number of carbonyl (C=O) groups excluding carboxylic acids is 2. The van der Waals surface area contributed by atoms with E-state index in [0.717, 1.165) is 19.3 Å². The molecule has 21 heavy (non-hydrogen) atoms. The van der Waals surface area contributed by atoms with Crippen LogP contribution < -0.4 is 5.32 Å². The smallest absolute Gasteiger partial charge is 0.328 e. The Balaban J connectivity index is 2.73. The highest BCUT2D eigenvalue weighted by Crippen LogP contribution is 2.44. The lowest BCUT2D eigenvalue weighted by atomic mass is 9.64. The summed E-state index contributed by atoms with van der Waals surface area (Å²) < 4.78 is 4.95. The number of hydrogen-bond donors (Lipinski definition) is 1. The third-order valence-corrected chi connectivity index (χ3v) is 4.64. The van der Waals surface area contributed by atoms with Gasteiger partial charge in [0.05, 0.1) is 6.61 Å². The lowest BCUT2D eigenvalue weighted by Crippen LogP contribution is -2.47. The molecule has 0 radical (unpaired) electrons. The third-order valence-electron chi connectivity index (χ3n) is 4.64. The molecule has 3 atom stereocenters. The van der Waals surface area contributed by atoms with E-state index in [1.807, 2.05) is 0 Å². The lowest BCUT2D eigenvalue weighted by molar-refractivity contribution is -0.148. The van der Waals surface area contributed by atoms with Gasteiger partial charge in [-0.3, -0.25) is 4.79 Å². The van der Waals surface area contributed by atoms with Crippen LogP contribution in [0.25, 0.3) is 0 Å². The van der Waals surface area contributed by atoms with Crippen LogP contribution in [0.4, 0.5) is 0 Å².